The van der Waals surface area contributed by atoms with E-state index < -0.39 is 18.2 Å². The highest BCUT2D eigenvalue weighted by molar-refractivity contribution is 5.69. The van der Waals surface area contributed by atoms with Crippen molar-refractivity contribution in [2.75, 3.05) is 19.6 Å². The molecule has 1 atom stereocenters. The molecule has 1 fully saturated rings. The summed E-state index contributed by atoms with van der Waals surface area (Å²) in [6.07, 6.45) is -3.12. The number of pyridine rings is 1. The topological polar surface area (TPSA) is 62.7 Å². The quantitative estimate of drug-likeness (QED) is 0.755. The summed E-state index contributed by atoms with van der Waals surface area (Å²) in [6, 6.07) is 9.04. The molecule has 2 aromatic rings. The molecular formula is C23H21F3N2O3. The van der Waals surface area contributed by atoms with E-state index in [1.54, 1.807) is 6.07 Å². The predicted octanol–water partition coefficient (Wildman–Crippen LogP) is 3.30. The Morgan fingerprint density at radius 1 is 1.19 bits per heavy atom. The predicted molar refractivity (Wildman–Crippen MR) is 107 cm³/mol. The molecule has 1 aliphatic heterocycles. The second-order valence-corrected chi connectivity index (χ2v) is 8.31. The first-order valence-electron chi connectivity index (χ1n) is 9.89. The Morgan fingerprint density at radius 3 is 2.52 bits per heavy atom. The lowest BCUT2D eigenvalue weighted by atomic mass is 9.77. The Kier molecular flexibility index (Phi) is 5.40. The minimum absolute atomic E-state index is 0.0851. The van der Waals surface area contributed by atoms with Crippen LogP contribution in [0, 0.1) is 17.3 Å². The highest BCUT2D eigenvalue weighted by Gasteiger charge is 2.47. The lowest BCUT2D eigenvalue weighted by molar-refractivity contribution is -0.189. The van der Waals surface area contributed by atoms with Crippen LogP contribution in [0.5, 0.6) is 5.88 Å². The number of hydrogen-bond donors (Lipinski definition) is 1. The van der Waals surface area contributed by atoms with Gasteiger partial charge in [0.2, 0.25) is 5.88 Å². The number of alkyl halides is 3. The van der Waals surface area contributed by atoms with E-state index in [0.717, 1.165) is 38.4 Å². The van der Waals surface area contributed by atoms with Crippen molar-refractivity contribution in [1.29, 1.82) is 0 Å². The molecule has 0 bridgehead atoms. The van der Waals surface area contributed by atoms with Crippen molar-refractivity contribution in [1.82, 2.24) is 9.88 Å². The van der Waals surface area contributed by atoms with Gasteiger partial charge in [0.05, 0.1) is 6.54 Å². The van der Waals surface area contributed by atoms with Gasteiger partial charge < -0.3 is 9.84 Å². The fourth-order valence-electron chi connectivity index (χ4n) is 4.26. The molecule has 1 aliphatic carbocycles. The molecule has 5 nitrogen and oxygen atoms in total. The third kappa shape index (κ3) is 4.83. The Hall–Kier alpha value is -3.05. The van der Waals surface area contributed by atoms with Crippen LogP contribution < -0.4 is 4.74 Å². The van der Waals surface area contributed by atoms with Crippen LogP contribution >= 0.6 is 0 Å². The molecule has 2 heterocycles. The van der Waals surface area contributed by atoms with E-state index in [4.69, 9.17) is 9.84 Å². The minimum atomic E-state index is -4.44. The van der Waals surface area contributed by atoms with Gasteiger partial charge in [0.1, 0.15) is 0 Å². The zero-order chi connectivity index (χ0) is 22.2. The number of carbonyl (C=O) groups is 1. The molecule has 1 aromatic heterocycles. The van der Waals surface area contributed by atoms with Gasteiger partial charge in [-0.1, -0.05) is 17.9 Å². The van der Waals surface area contributed by atoms with Gasteiger partial charge in [-0.2, -0.15) is 13.2 Å². The van der Waals surface area contributed by atoms with E-state index in [1.165, 1.54) is 23.4 Å². The Morgan fingerprint density at radius 2 is 1.87 bits per heavy atom. The summed E-state index contributed by atoms with van der Waals surface area (Å²) in [5, 5.41) is 8.92. The number of aromatic nitrogens is 1. The molecule has 1 unspecified atom stereocenters. The maximum atomic E-state index is 12.6. The number of hydrogen-bond acceptors (Lipinski definition) is 4. The van der Waals surface area contributed by atoms with Crippen LogP contribution in [0.3, 0.4) is 0 Å². The van der Waals surface area contributed by atoms with Gasteiger partial charge in [-0.05, 0) is 49.1 Å². The molecule has 0 saturated carbocycles. The average molecular weight is 430 g/mol. The normalized spacial score (nSPS) is 17.9. The van der Waals surface area contributed by atoms with E-state index >= 15 is 0 Å². The first-order chi connectivity index (χ1) is 14.6. The van der Waals surface area contributed by atoms with E-state index in [0.29, 0.717) is 5.56 Å². The van der Waals surface area contributed by atoms with E-state index in [9.17, 15) is 18.0 Å². The molecule has 1 spiro atoms. The van der Waals surface area contributed by atoms with E-state index in [-0.39, 0.29) is 17.8 Å². The van der Waals surface area contributed by atoms with Crippen molar-refractivity contribution in [3.05, 3.63) is 58.8 Å². The smallest absolute Gasteiger partial charge is 0.425 e. The van der Waals surface area contributed by atoms with Gasteiger partial charge in [0.25, 0.3) is 0 Å². The molecule has 1 saturated heterocycles. The maximum absolute atomic E-state index is 12.6. The SMILES string of the molecule is CC(Oc1ccc(C#Cc2ccc3c(c2)CC2(C3)CN(CC(=O)O)C2)cn1)C(F)(F)F. The number of carboxylic acids is 1. The van der Waals surface area contributed by atoms with Crippen LogP contribution in [0.15, 0.2) is 36.5 Å². The van der Waals surface area contributed by atoms with Crippen molar-refractivity contribution in [3.63, 3.8) is 0 Å². The minimum Gasteiger partial charge on any atom is -0.480 e. The fraction of sp³-hybridized carbons (Fsp3) is 0.391. The maximum Gasteiger partial charge on any atom is 0.425 e. The van der Waals surface area contributed by atoms with Crippen molar-refractivity contribution in [3.8, 4) is 17.7 Å². The summed E-state index contributed by atoms with van der Waals surface area (Å²) in [5.74, 6) is 5.15. The number of aliphatic carboxylic acids is 1. The molecule has 0 amide bonds. The highest BCUT2D eigenvalue weighted by atomic mass is 19.4. The van der Waals surface area contributed by atoms with Crippen LogP contribution in [0.25, 0.3) is 0 Å². The third-order valence-corrected chi connectivity index (χ3v) is 5.66. The van der Waals surface area contributed by atoms with Crippen LogP contribution in [0.4, 0.5) is 13.2 Å². The Balaban J connectivity index is 1.38. The number of benzene rings is 1. The Labute approximate surface area is 177 Å². The van der Waals surface area contributed by atoms with Gasteiger partial charge in [0, 0.05) is 41.9 Å². The van der Waals surface area contributed by atoms with Gasteiger partial charge in [-0.15, -0.1) is 0 Å². The number of ether oxygens (including phenoxy) is 1. The lowest BCUT2D eigenvalue weighted by Gasteiger charge is -2.47. The van der Waals surface area contributed by atoms with Crippen molar-refractivity contribution in [2.45, 2.75) is 32.0 Å². The van der Waals surface area contributed by atoms with Gasteiger partial charge in [-0.25, -0.2) is 4.98 Å². The van der Waals surface area contributed by atoms with Crippen molar-refractivity contribution < 1.29 is 27.8 Å². The van der Waals surface area contributed by atoms with Crippen LogP contribution in [0.2, 0.25) is 0 Å². The molecule has 0 radical (unpaired) electrons. The summed E-state index contributed by atoms with van der Waals surface area (Å²) in [5.41, 5.74) is 4.08. The van der Waals surface area contributed by atoms with E-state index in [1.807, 2.05) is 11.0 Å². The molecule has 1 aromatic carbocycles. The number of fused-ring (bicyclic) bond motifs is 1. The van der Waals surface area contributed by atoms with Gasteiger partial charge in [-0.3, -0.25) is 9.69 Å². The molecule has 4 rings (SSSR count). The summed E-state index contributed by atoms with van der Waals surface area (Å²) in [6.45, 7) is 2.60. The first-order valence-corrected chi connectivity index (χ1v) is 9.89. The molecule has 2 aliphatic rings. The second kappa shape index (κ2) is 7.89. The largest absolute Gasteiger partial charge is 0.480 e. The zero-order valence-corrected chi connectivity index (χ0v) is 16.9. The average Bonchev–Trinajstić information content (AvgIpc) is 3.04. The number of likely N-dealkylation sites (tertiary alicyclic amines) is 1. The number of rotatable bonds is 4. The summed E-state index contributed by atoms with van der Waals surface area (Å²) in [4.78, 5) is 16.7. The molecule has 162 valence electrons. The molecule has 8 heteroatoms. The number of carboxylic acid groups (broad SMARTS) is 1. The zero-order valence-electron chi connectivity index (χ0n) is 16.9. The van der Waals surface area contributed by atoms with Crippen LogP contribution in [-0.2, 0) is 17.6 Å². The van der Waals surface area contributed by atoms with Crippen molar-refractivity contribution in [2.24, 2.45) is 5.41 Å². The lowest BCUT2D eigenvalue weighted by Crippen LogP contribution is -2.58. The first kappa shape index (κ1) is 21.2. The molecule has 31 heavy (non-hydrogen) atoms. The highest BCUT2D eigenvalue weighted by Crippen LogP contribution is 2.43. The second-order valence-electron chi connectivity index (χ2n) is 8.31. The summed E-state index contributed by atoms with van der Waals surface area (Å²) in [7, 11) is 0. The molecule has 1 N–H and O–H groups in total. The standard InChI is InChI=1S/C23H21F3N2O3/c1-15(23(24,25)26)31-20-7-5-17(11-27-20)3-2-16-4-6-18-9-22(10-19(18)8-16)13-28(14-22)12-21(29)30/h4-8,11,15H,9-10,12-14H2,1H3,(H,29,30). The van der Waals surface area contributed by atoms with Gasteiger partial charge in [0.15, 0.2) is 6.10 Å². The van der Waals surface area contributed by atoms with Crippen molar-refractivity contribution >= 4 is 5.97 Å². The number of nitrogens with zero attached hydrogens (tertiary/aromatic N) is 2. The van der Waals surface area contributed by atoms with E-state index in [2.05, 4.69) is 29.0 Å². The molecular weight excluding hydrogens is 409 g/mol. The number of halogens is 3. The van der Waals surface area contributed by atoms with Crippen LogP contribution in [-0.4, -0.2) is 52.9 Å². The monoisotopic (exact) mass is 430 g/mol. The fourth-order valence-corrected chi connectivity index (χ4v) is 4.26. The third-order valence-electron chi connectivity index (χ3n) is 5.66. The Bertz CT molecular complexity index is 1050. The summed E-state index contributed by atoms with van der Waals surface area (Å²) < 4.78 is 42.5. The van der Waals surface area contributed by atoms with Gasteiger partial charge >= 0.3 is 12.1 Å². The van der Waals surface area contributed by atoms with Crippen LogP contribution in [0.1, 0.15) is 29.2 Å². The summed E-state index contributed by atoms with van der Waals surface area (Å²) >= 11 is 0.